The number of hydrogen-bond acceptors (Lipinski definition) is 3. The van der Waals surface area contributed by atoms with E-state index in [9.17, 15) is 0 Å². The molecule has 2 aromatic carbocycles. The Kier molecular flexibility index (Phi) is 4.42. The summed E-state index contributed by atoms with van der Waals surface area (Å²) in [5, 5.41) is 0.420. The third kappa shape index (κ3) is 3.26. The van der Waals surface area contributed by atoms with Crippen LogP contribution in [0.25, 0.3) is 0 Å². The van der Waals surface area contributed by atoms with Gasteiger partial charge in [0.1, 0.15) is 22.4 Å². The fraction of sp³-hybridized carbons (Fsp3) is 0.133. The lowest BCUT2D eigenvalue weighted by Crippen LogP contribution is -1.91. The van der Waals surface area contributed by atoms with Gasteiger partial charge in [-0.2, -0.15) is 0 Å². The zero-order chi connectivity index (χ0) is 13.7. The maximum atomic E-state index is 6.21. The van der Waals surface area contributed by atoms with E-state index in [-0.39, 0.29) is 0 Å². The number of nitrogens with zero attached hydrogens (tertiary/aromatic N) is 1. The number of hydrogen-bond donors (Lipinski definition) is 0. The van der Waals surface area contributed by atoms with Crippen molar-refractivity contribution in [1.82, 2.24) is 0 Å². The van der Waals surface area contributed by atoms with Crippen molar-refractivity contribution in [1.29, 1.82) is 0 Å². The van der Waals surface area contributed by atoms with Gasteiger partial charge in [-0.3, -0.25) is 0 Å². The SMILES string of the molecule is COc1ccc(N=C(Cl)c2ccccc2)c(OC)c1. The molecule has 3 nitrogen and oxygen atoms in total. The highest BCUT2D eigenvalue weighted by Crippen LogP contribution is 2.32. The molecule has 0 fully saturated rings. The van der Waals surface area contributed by atoms with Crippen molar-refractivity contribution in [3.63, 3.8) is 0 Å². The second-order valence-corrected chi connectivity index (χ2v) is 4.16. The molecule has 0 amide bonds. The molecule has 0 aliphatic heterocycles. The fourth-order valence-corrected chi connectivity index (χ4v) is 1.84. The number of aliphatic imine (C=N–C) groups is 1. The van der Waals surface area contributed by atoms with Crippen molar-refractivity contribution in [2.45, 2.75) is 0 Å². The minimum atomic E-state index is 0.420. The summed E-state index contributed by atoms with van der Waals surface area (Å²) in [7, 11) is 3.19. The van der Waals surface area contributed by atoms with Gasteiger partial charge in [-0.15, -0.1) is 0 Å². The van der Waals surface area contributed by atoms with Crippen LogP contribution in [0.5, 0.6) is 11.5 Å². The van der Waals surface area contributed by atoms with Crippen LogP contribution in [0.1, 0.15) is 5.56 Å². The molecule has 0 spiro atoms. The molecule has 0 saturated carbocycles. The first-order chi connectivity index (χ1) is 9.24. The molecule has 0 aliphatic carbocycles. The summed E-state index contributed by atoms with van der Waals surface area (Å²) in [5.74, 6) is 1.33. The van der Waals surface area contributed by atoms with E-state index in [1.54, 1.807) is 20.3 Å². The molecule has 0 bridgehead atoms. The highest BCUT2D eigenvalue weighted by molar-refractivity contribution is 6.69. The van der Waals surface area contributed by atoms with Gasteiger partial charge in [-0.1, -0.05) is 41.9 Å². The minimum absolute atomic E-state index is 0.420. The van der Waals surface area contributed by atoms with Gasteiger partial charge >= 0.3 is 0 Å². The normalized spacial score (nSPS) is 11.2. The zero-order valence-electron chi connectivity index (χ0n) is 10.8. The van der Waals surface area contributed by atoms with Gasteiger partial charge < -0.3 is 9.47 Å². The summed E-state index contributed by atoms with van der Waals surface area (Å²) in [6.07, 6.45) is 0. The maximum Gasteiger partial charge on any atom is 0.148 e. The Hall–Kier alpha value is -2.00. The van der Waals surface area contributed by atoms with E-state index in [2.05, 4.69) is 4.99 Å². The Balaban J connectivity index is 2.37. The van der Waals surface area contributed by atoms with Gasteiger partial charge in [-0.25, -0.2) is 4.99 Å². The number of methoxy groups -OCH3 is 2. The van der Waals surface area contributed by atoms with Crippen LogP contribution >= 0.6 is 11.6 Å². The largest absolute Gasteiger partial charge is 0.497 e. The Morgan fingerprint density at radius 3 is 2.37 bits per heavy atom. The lowest BCUT2D eigenvalue weighted by Gasteiger charge is -2.07. The third-order valence-electron chi connectivity index (χ3n) is 2.62. The van der Waals surface area contributed by atoms with E-state index in [0.29, 0.717) is 22.4 Å². The molecule has 0 heterocycles. The van der Waals surface area contributed by atoms with Crippen LogP contribution in [-0.4, -0.2) is 19.4 Å². The van der Waals surface area contributed by atoms with E-state index < -0.39 is 0 Å². The van der Waals surface area contributed by atoms with Crippen LogP contribution < -0.4 is 9.47 Å². The quantitative estimate of drug-likeness (QED) is 0.789. The molecule has 0 N–H and O–H groups in total. The van der Waals surface area contributed by atoms with Crippen molar-refractivity contribution in [3.05, 3.63) is 54.1 Å². The van der Waals surface area contributed by atoms with E-state index in [0.717, 1.165) is 5.56 Å². The summed E-state index contributed by atoms with van der Waals surface area (Å²) in [5.41, 5.74) is 1.53. The molecule has 0 aliphatic rings. The highest BCUT2D eigenvalue weighted by atomic mass is 35.5. The smallest absolute Gasteiger partial charge is 0.148 e. The number of benzene rings is 2. The first kappa shape index (κ1) is 13.4. The summed E-state index contributed by atoms with van der Waals surface area (Å²) in [4.78, 5) is 4.38. The van der Waals surface area contributed by atoms with E-state index in [1.165, 1.54) is 0 Å². The molecule has 0 aromatic heterocycles. The molecule has 98 valence electrons. The monoisotopic (exact) mass is 275 g/mol. The van der Waals surface area contributed by atoms with Gasteiger partial charge in [0, 0.05) is 11.6 Å². The Morgan fingerprint density at radius 1 is 1.00 bits per heavy atom. The first-order valence-corrected chi connectivity index (χ1v) is 6.14. The maximum absolute atomic E-state index is 6.21. The average molecular weight is 276 g/mol. The second-order valence-electron chi connectivity index (χ2n) is 3.81. The van der Waals surface area contributed by atoms with Crippen molar-refractivity contribution >= 4 is 22.5 Å². The second kappa shape index (κ2) is 6.25. The van der Waals surface area contributed by atoms with Crippen molar-refractivity contribution in [2.24, 2.45) is 4.99 Å². The predicted octanol–water partition coefficient (Wildman–Crippen LogP) is 4.02. The topological polar surface area (TPSA) is 30.8 Å². The van der Waals surface area contributed by atoms with Gasteiger partial charge in [0.05, 0.1) is 14.2 Å². The highest BCUT2D eigenvalue weighted by Gasteiger charge is 2.06. The van der Waals surface area contributed by atoms with E-state index in [1.807, 2.05) is 42.5 Å². The lowest BCUT2D eigenvalue weighted by atomic mass is 10.2. The Labute approximate surface area is 117 Å². The third-order valence-corrected chi connectivity index (χ3v) is 2.92. The van der Waals surface area contributed by atoms with Crippen LogP contribution in [0.15, 0.2) is 53.5 Å². The predicted molar refractivity (Wildman–Crippen MR) is 78.0 cm³/mol. The summed E-state index contributed by atoms with van der Waals surface area (Å²) < 4.78 is 10.4. The van der Waals surface area contributed by atoms with E-state index >= 15 is 0 Å². The molecule has 2 aromatic rings. The number of ether oxygens (including phenoxy) is 2. The van der Waals surface area contributed by atoms with Gasteiger partial charge in [0.2, 0.25) is 0 Å². The molecule has 19 heavy (non-hydrogen) atoms. The van der Waals surface area contributed by atoms with Crippen LogP contribution in [0.4, 0.5) is 5.69 Å². The molecular weight excluding hydrogens is 262 g/mol. The number of rotatable bonds is 4. The Morgan fingerprint density at radius 2 is 1.74 bits per heavy atom. The van der Waals surface area contributed by atoms with Crippen LogP contribution in [0.3, 0.4) is 0 Å². The Bertz CT molecular complexity index is 582. The number of halogens is 1. The average Bonchev–Trinajstić information content (AvgIpc) is 2.48. The van der Waals surface area contributed by atoms with Gasteiger partial charge in [0.25, 0.3) is 0 Å². The molecule has 0 atom stereocenters. The van der Waals surface area contributed by atoms with Gasteiger partial charge in [0.15, 0.2) is 0 Å². The van der Waals surface area contributed by atoms with Gasteiger partial charge in [-0.05, 0) is 12.1 Å². The molecule has 4 heteroatoms. The van der Waals surface area contributed by atoms with Crippen LogP contribution in [0, 0.1) is 0 Å². The standard InChI is InChI=1S/C15H14ClNO2/c1-18-12-8-9-13(14(10-12)19-2)17-15(16)11-6-4-3-5-7-11/h3-10H,1-2H3. The summed E-state index contributed by atoms with van der Waals surface area (Å²) >= 11 is 6.21. The lowest BCUT2D eigenvalue weighted by molar-refractivity contribution is 0.395. The van der Waals surface area contributed by atoms with Crippen molar-refractivity contribution < 1.29 is 9.47 Å². The molecule has 0 unspecified atom stereocenters. The first-order valence-electron chi connectivity index (χ1n) is 5.76. The molecule has 0 radical (unpaired) electrons. The molecule has 0 saturated heterocycles. The molecular formula is C15H14ClNO2. The minimum Gasteiger partial charge on any atom is -0.497 e. The van der Waals surface area contributed by atoms with Crippen molar-refractivity contribution in [2.75, 3.05) is 14.2 Å². The fourth-order valence-electron chi connectivity index (χ4n) is 1.62. The summed E-state index contributed by atoms with van der Waals surface area (Å²) in [6, 6.07) is 15.0. The van der Waals surface area contributed by atoms with Crippen LogP contribution in [-0.2, 0) is 0 Å². The molecule has 2 rings (SSSR count). The van der Waals surface area contributed by atoms with Crippen LogP contribution in [0.2, 0.25) is 0 Å². The van der Waals surface area contributed by atoms with E-state index in [4.69, 9.17) is 21.1 Å². The van der Waals surface area contributed by atoms with Crippen molar-refractivity contribution in [3.8, 4) is 11.5 Å². The summed E-state index contributed by atoms with van der Waals surface area (Å²) in [6.45, 7) is 0. The zero-order valence-corrected chi connectivity index (χ0v) is 11.5.